The lowest BCUT2D eigenvalue weighted by Gasteiger charge is -2.35. The Labute approximate surface area is 223 Å². The highest BCUT2D eigenvalue weighted by Crippen LogP contribution is 2.44. The summed E-state index contributed by atoms with van der Waals surface area (Å²) in [5.41, 5.74) is 5.53. The van der Waals surface area contributed by atoms with Crippen LogP contribution in [0.4, 0.5) is 0 Å². The van der Waals surface area contributed by atoms with E-state index in [9.17, 15) is 14.9 Å². The largest absolute Gasteiger partial charge is 0.352 e. The van der Waals surface area contributed by atoms with Crippen molar-refractivity contribution in [2.45, 2.75) is 38.6 Å². The number of allylic oxidation sites excluding steroid dienone is 3. The van der Waals surface area contributed by atoms with Gasteiger partial charge in [-0.15, -0.1) is 0 Å². The van der Waals surface area contributed by atoms with Crippen molar-refractivity contribution in [2.24, 2.45) is 0 Å². The zero-order chi connectivity index (χ0) is 25.8. The number of carbonyl (C=O) groups excluding carboxylic acids is 2. The van der Waals surface area contributed by atoms with E-state index in [0.717, 1.165) is 54.9 Å². The molecule has 1 saturated heterocycles. The van der Waals surface area contributed by atoms with Crippen molar-refractivity contribution in [2.75, 3.05) is 31.9 Å². The molecule has 1 N–H and O–H groups in total. The number of amides is 1. The molecule has 0 bridgehead atoms. The highest BCUT2D eigenvalue weighted by molar-refractivity contribution is 8.03. The second-order valence-corrected chi connectivity index (χ2v) is 10.9. The fourth-order valence-corrected chi connectivity index (χ4v) is 6.32. The lowest BCUT2D eigenvalue weighted by atomic mass is 9.77. The summed E-state index contributed by atoms with van der Waals surface area (Å²) in [5, 5.41) is 14.3. The molecule has 0 saturated carbocycles. The number of nitrogens with zero attached hydrogens (tertiary/aromatic N) is 3. The van der Waals surface area contributed by atoms with Gasteiger partial charge in [0.2, 0.25) is 5.91 Å². The second kappa shape index (κ2) is 11.4. The van der Waals surface area contributed by atoms with E-state index in [-0.39, 0.29) is 23.4 Å². The lowest BCUT2D eigenvalue weighted by molar-refractivity contribution is -0.130. The van der Waals surface area contributed by atoms with Gasteiger partial charge in [0.1, 0.15) is 0 Å². The Morgan fingerprint density at radius 1 is 1.05 bits per heavy atom. The number of piperazine rings is 1. The third-order valence-corrected chi connectivity index (χ3v) is 8.39. The molecule has 37 heavy (non-hydrogen) atoms. The van der Waals surface area contributed by atoms with Crippen molar-refractivity contribution < 1.29 is 9.59 Å². The first-order valence-corrected chi connectivity index (χ1v) is 13.9. The van der Waals surface area contributed by atoms with Gasteiger partial charge >= 0.3 is 0 Å². The van der Waals surface area contributed by atoms with Gasteiger partial charge in [0, 0.05) is 50.4 Å². The van der Waals surface area contributed by atoms with Crippen molar-refractivity contribution in [3.8, 4) is 6.07 Å². The molecule has 2 aromatic rings. The lowest BCUT2D eigenvalue weighted by Crippen LogP contribution is -2.48. The molecular formula is C30H32N4O2S. The minimum atomic E-state index is -0.381. The maximum absolute atomic E-state index is 13.1. The summed E-state index contributed by atoms with van der Waals surface area (Å²) < 4.78 is 0. The maximum atomic E-state index is 13.1. The smallest absolute Gasteiger partial charge is 0.233 e. The summed E-state index contributed by atoms with van der Waals surface area (Å²) in [7, 11) is 0. The summed E-state index contributed by atoms with van der Waals surface area (Å²) >= 11 is 1.39. The van der Waals surface area contributed by atoms with E-state index < -0.39 is 0 Å². The number of aryl methyl sites for hydroxylation is 1. The number of hydrogen-bond acceptors (Lipinski definition) is 6. The average molecular weight is 513 g/mol. The van der Waals surface area contributed by atoms with Crippen molar-refractivity contribution in [3.05, 3.63) is 93.2 Å². The molecule has 7 heteroatoms. The molecule has 2 aromatic carbocycles. The van der Waals surface area contributed by atoms with Crippen molar-refractivity contribution >= 4 is 23.5 Å². The number of thioether (sulfide) groups is 1. The number of nitrogens with one attached hydrogen (secondary N) is 1. The summed E-state index contributed by atoms with van der Waals surface area (Å²) in [5.74, 6) is 0.0836. The predicted octanol–water partition coefficient (Wildman–Crippen LogP) is 4.50. The van der Waals surface area contributed by atoms with Crippen LogP contribution >= 0.6 is 11.8 Å². The van der Waals surface area contributed by atoms with Gasteiger partial charge in [-0.25, -0.2) is 0 Å². The topological polar surface area (TPSA) is 76.4 Å². The van der Waals surface area contributed by atoms with Crippen LogP contribution < -0.4 is 5.32 Å². The predicted molar refractivity (Wildman–Crippen MR) is 146 cm³/mol. The normalized spacial score (nSPS) is 20.4. The zero-order valence-corrected chi connectivity index (χ0v) is 22.0. The molecule has 2 aliphatic heterocycles. The molecule has 0 aromatic heterocycles. The van der Waals surface area contributed by atoms with Crippen LogP contribution in [-0.4, -0.2) is 53.4 Å². The number of ketones is 1. The van der Waals surface area contributed by atoms with Gasteiger partial charge in [0.25, 0.3) is 0 Å². The van der Waals surface area contributed by atoms with Crippen molar-refractivity contribution in [1.29, 1.82) is 5.26 Å². The SMILES string of the molecule is Cc1ccc([C@H]2C(C#N)=C(SCC(=O)N3CCN(Cc4ccccc4)CC3)NC3=C2C(=O)CCC3)cc1. The standard InChI is InChI=1S/C30H32N4O2S/c1-21-10-12-23(13-11-21)28-24(18-31)30(32-25-8-5-9-26(35)29(25)28)37-20-27(36)34-16-14-33(15-17-34)19-22-6-3-2-4-7-22/h2-4,6-7,10-13,28,32H,5,8-9,14-17,19-20H2,1H3/t28-/m0/s1. The van der Waals surface area contributed by atoms with Crippen molar-refractivity contribution in [1.82, 2.24) is 15.1 Å². The summed E-state index contributed by atoms with van der Waals surface area (Å²) in [6.07, 6.45) is 2.10. The van der Waals surface area contributed by atoms with Crippen LogP contribution in [-0.2, 0) is 16.1 Å². The molecular weight excluding hydrogens is 480 g/mol. The van der Waals surface area contributed by atoms with Crippen LogP contribution in [0.1, 0.15) is 41.9 Å². The number of hydrogen-bond donors (Lipinski definition) is 1. The Hall–Kier alpha value is -3.34. The Bertz CT molecular complexity index is 1270. The van der Waals surface area contributed by atoms with E-state index in [0.29, 0.717) is 30.1 Å². The highest BCUT2D eigenvalue weighted by Gasteiger charge is 2.37. The minimum absolute atomic E-state index is 0.0855. The number of dihydropyridines is 1. The first-order chi connectivity index (χ1) is 18.0. The van der Waals surface area contributed by atoms with E-state index in [1.54, 1.807) is 0 Å². The second-order valence-electron chi connectivity index (χ2n) is 9.92. The van der Waals surface area contributed by atoms with Gasteiger partial charge in [-0.2, -0.15) is 5.26 Å². The van der Waals surface area contributed by atoms with Crippen LogP contribution in [0, 0.1) is 18.3 Å². The maximum Gasteiger partial charge on any atom is 0.233 e. The molecule has 5 rings (SSSR count). The first-order valence-electron chi connectivity index (χ1n) is 12.9. The van der Waals surface area contributed by atoms with Gasteiger partial charge in [0.05, 0.1) is 28.3 Å². The molecule has 1 fully saturated rings. The van der Waals surface area contributed by atoms with Gasteiger partial charge in [-0.1, -0.05) is 71.9 Å². The van der Waals surface area contributed by atoms with Crippen LogP contribution in [0.5, 0.6) is 0 Å². The third-order valence-electron chi connectivity index (χ3n) is 7.39. The highest BCUT2D eigenvalue weighted by atomic mass is 32.2. The Kier molecular flexibility index (Phi) is 7.78. The van der Waals surface area contributed by atoms with Crippen LogP contribution in [0.3, 0.4) is 0 Å². The van der Waals surface area contributed by atoms with Gasteiger partial charge in [0.15, 0.2) is 5.78 Å². The van der Waals surface area contributed by atoms with Gasteiger partial charge in [-0.05, 0) is 30.9 Å². The Morgan fingerprint density at radius 3 is 2.49 bits per heavy atom. The van der Waals surface area contributed by atoms with Gasteiger partial charge < -0.3 is 10.2 Å². The fraction of sp³-hybridized carbons (Fsp3) is 0.367. The molecule has 190 valence electrons. The van der Waals surface area contributed by atoms with E-state index in [1.807, 2.05) is 42.2 Å². The number of rotatable bonds is 6. The molecule has 0 unspecified atom stereocenters. The number of carbonyl (C=O) groups is 2. The van der Waals surface area contributed by atoms with Crippen LogP contribution in [0.15, 0.2) is 76.5 Å². The van der Waals surface area contributed by atoms with E-state index in [2.05, 4.69) is 40.6 Å². The van der Waals surface area contributed by atoms with E-state index in [4.69, 9.17) is 0 Å². The summed E-state index contributed by atoms with van der Waals surface area (Å²) in [6.45, 7) is 6.04. The molecule has 1 atom stereocenters. The summed E-state index contributed by atoms with van der Waals surface area (Å²) in [6, 6.07) is 20.9. The molecule has 0 radical (unpaired) electrons. The van der Waals surface area contributed by atoms with Gasteiger partial charge in [-0.3, -0.25) is 14.5 Å². The Balaban J connectivity index is 1.27. The van der Waals surface area contributed by atoms with Crippen LogP contribution in [0.2, 0.25) is 0 Å². The molecule has 1 amide bonds. The van der Waals surface area contributed by atoms with E-state index in [1.165, 1.54) is 17.3 Å². The monoisotopic (exact) mass is 512 g/mol. The number of Topliss-reactive ketones (excluding diaryl/α,β-unsaturated/α-hetero) is 1. The first kappa shape index (κ1) is 25.3. The average Bonchev–Trinajstić information content (AvgIpc) is 2.92. The molecule has 0 spiro atoms. The number of nitriles is 1. The zero-order valence-electron chi connectivity index (χ0n) is 21.2. The molecule has 6 nitrogen and oxygen atoms in total. The van der Waals surface area contributed by atoms with Crippen molar-refractivity contribution in [3.63, 3.8) is 0 Å². The Morgan fingerprint density at radius 2 is 1.78 bits per heavy atom. The number of benzene rings is 2. The quantitative estimate of drug-likeness (QED) is 0.614. The third kappa shape index (κ3) is 5.66. The minimum Gasteiger partial charge on any atom is -0.352 e. The van der Waals surface area contributed by atoms with Crippen LogP contribution in [0.25, 0.3) is 0 Å². The van der Waals surface area contributed by atoms with E-state index >= 15 is 0 Å². The molecule has 2 heterocycles. The summed E-state index contributed by atoms with van der Waals surface area (Å²) in [4.78, 5) is 30.4. The molecule has 1 aliphatic carbocycles. The fourth-order valence-electron chi connectivity index (χ4n) is 5.35. The molecule has 3 aliphatic rings.